The summed E-state index contributed by atoms with van der Waals surface area (Å²) < 4.78 is 5.02. The van der Waals surface area contributed by atoms with Gasteiger partial charge in [-0.05, 0) is 19.4 Å². The van der Waals surface area contributed by atoms with Gasteiger partial charge in [-0.1, -0.05) is 46.1 Å². The van der Waals surface area contributed by atoms with Gasteiger partial charge in [0.1, 0.15) is 6.61 Å². The minimum absolute atomic E-state index is 0.269. The number of unbranched alkanes of at least 4 members (excludes halogenated alkanes) is 4. The average Bonchev–Trinajstić information content (AvgIpc) is 2.36. The summed E-state index contributed by atoms with van der Waals surface area (Å²) in [5, 5.41) is 3.41. The summed E-state index contributed by atoms with van der Waals surface area (Å²) in [6.07, 6.45) is 8.59. The van der Waals surface area contributed by atoms with E-state index in [0.29, 0.717) is 6.61 Å². The van der Waals surface area contributed by atoms with E-state index in [1.807, 2.05) is 0 Å². The van der Waals surface area contributed by atoms with Crippen LogP contribution in [-0.2, 0) is 9.53 Å². The van der Waals surface area contributed by atoms with Gasteiger partial charge in [0.2, 0.25) is 0 Å². The quantitative estimate of drug-likeness (QED) is 0.343. The van der Waals surface area contributed by atoms with Gasteiger partial charge in [-0.2, -0.15) is 0 Å². The van der Waals surface area contributed by atoms with Crippen molar-refractivity contribution in [2.24, 2.45) is 0 Å². The molecule has 0 aliphatic carbocycles. The lowest BCUT2D eigenvalue weighted by molar-refractivity contribution is -0.138. The molecule has 0 amide bonds. The third kappa shape index (κ3) is 10.1. The van der Waals surface area contributed by atoms with Gasteiger partial charge < -0.3 is 10.1 Å². The molecule has 1 unspecified atom stereocenters. The zero-order chi connectivity index (χ0) is 12.9. The van der Waals surface area contributed by atoms with E-state index in [-0.39, 0.29) is 12.0 Å². The van der Waals surface area contributed by atoms with Crippen LogP contribution in [0.25, 0.3) is 0 Å². The van der Waals surface area contributed by atoms with Crippen molar-refractivity contribution in [3.63, 3.8) is 0 Å². The fourth-order valence-corrected chi connectivity index (χ4v) is 1.60. The van der Waals surface area contributed by atoms with Gasteiger partial charge in [0.15, 0.2) is 0 Å². The molecular weight excluding hydrogens is 214 g/mol. The lowest BCUT2D eigenvalue weighted by Gasteiger charge is -2.16. The molecule has 0 saturated heterocycles. The van der Waals surface area contributed by atoms with Gasteiger partial charge in [-0.3, -0.25) is 0 Å². The molecule has 0 heterocycles. The Kier molecular flexibility index (Phi) is 11.1. The van der Waals surface area contributed by atoms with Crippen LogP contribution in [0.1, 0.15) is 52.4 Å². The lowest BCUT2D eigenvalue weighted by atomic mass is 10.1. The fraction of sp³-hybridized carbons (Fsp3) is 0.786. The molecule has 1 atom stereocenters. The molecule has 0 aliphatic rings. The van der Waals surface area contributed by atoms with Gasteiger partial charge in [-0.15, -0.1) is 0 Å². The van der Waals surface area contributed by atoms with Crippen LogP contribution in [0.4, 0.5) is 0 Å². The Hall–Kier alpha value is -0.830. The average molecular weight is 241 g/mol. The molecule has 0 aromatic heterocycles. The summed E-state index contributed by atoms with van der Waals surface area (Å²) in [5.74, 6) is -0.340. The zero-order valence-corrected chi connectivity index (χ0v) is 11.3. The molecule has 0 aromatic rings. The van der Waals surface area contributed by atoms with Crippen LogP contribution in [0.2, 0.25) is 0 Å². The van der Waals surface area contributed by atoms with E-state index in [0.717, 1.165) is 13.0 Å². The van der Waals surface area contributed by atoms with Crippen molar-refractivity contribution in [1.82, 2.24) is 5.32 Å². The zero-order valence-electron chi connectivity index (χ0n) is 11.3. The maximum Gasteiger partial charge on any atom is 0.330 e. The minimum atomic E-state index is -0.340. The second-order valence-corrected chi connectivity index (χ2v) is 4.31. The summed E-state index contributed by atoms with van der Waals surface area (Å²) in [5.41, 5.74) is 0. The number of hydrogen-bond acceptors (Lipinski definition) is 3. The normalized spacial score (nSPS) is 12.1. The van der Waals surface area contributed by atoms with Crippen molar-refractivity contribution in [1.29, 1.82) is 0 Å². The van der Waals surface area contributed by atoms with E-state index >= 15 is 0 Å². The molecule has 0 aromatic carbocycles. The van der Waals surface area contributed by atoms with Crippen molar-refractivity contribution in [2.75, 3.05) is 13.2 Å². The highest BCUT2D eigenvalue weighted by molar-refractivity contribution is 5.81. The van der Waals surface area contributed by atoms with Crippen molar-refractivity contribution >= 4 is 5.97 Å². The third-order valence-electron chi connectivity index (χ3n) is 2.80. The molecular formula is C14H27NO2. The number of carbonyl (C=O) groups excluding carboxylic acids is 1. The summed E-state index contributed by atoms with van der Waals surface area (Å²) in [6, 6.07) is 0.269. The van der Waals surface area contributed by atoms with E-state index < -0.39 is 0 Å². The molecule has 0 spiro atoms. The molecule has 0 rings (SSSR count). The lowest BCUT2D eigenvalue weighted by Crippen LogP contribution is -2.34. The van der Waals surface area contributed by atoms with Crippen LogP contribution in [-0.4, -0.2) is 25.2 Å². The Morgan fingerprint density at radius 3 is 2.59 bits per heavy atom. The van der Waals surface area contributed by atoms with E-state index in [4.69, 9.17) is 4.74 Å². The SMILES string of the molecule is C=CC(=O)OCC(CC)NCCCCCCC. The van der Waals surface area contributed by atoms with Gasteiger partial charge in [-0.25, -0.2) is 4.79 Å². The first kappa shape index (κ1) is 16.2. The molecule has 3 nitrogen and oxygen atoms in total. The second-order valence-electron chi connectivity index (χ2n) is 4.31. The monoisotopic (exact) mass is 241 g/mol. The van der Waals surface area contributed by atoms with Crippen molar-refractivity contribution in [3.05, 3.63) is 12.7 Å². The van der Waals surface area contributed by atoms with Gasteiger partial charge in [0.25, 0.3) is 0 Å². The largest absolute Gasteiger partial charge is 0.461 e. The van der Waals surface area contributed by atoms with E-state index in [2.05, 4.69) is 25.7 Å². The Morgan fingerprint density at radius 2 is 2.00 bits per heavy atom. The van der Waals surface area contributed by atoms with Crippen LogP contribution < -0.4 is 5.32 Å². The van der Waals surface area contributed by atoms with E-state index in [9.17, 15) is 4.79 Å². The summed E-state index contributed by atoms with van der Waals surface area (Å²) in [7, 11) is 0. The number of carbonyl (C=O) groups is 1. The highest BCUT2D eigenvalue weighted by Crippen LogP contribution is 2.02. The van der Waals surface area contributed by atoms with Crippen LogP contribution in [0.5, 0.6) is 0 Å². The highest BCUT2D eigenvalue weighted by atomic mass is 16.5. The second kappa shape index (κ2) is 11.6. The summed E-state index contributed by atoms with van der Waals surface area (Å²) in [6.45, 7) is 9.14. The predicted molar refractivity (Wildman–Crippen MR) is 72.0 cm³/mol. The minimum Gasteiger partial charge on any atom is -0.461 e. The Morgan fingerprint density at radius 1 is 1.29 bits per heavy atom. The highest BCUT2D eigenvalue weighted by Gasteiger charge is 2.07. The Labute approximate surface area is 106 Å². The molecule has 100 valence electrons. The van der Waals surface area contributed by atoms with Crippen LogP contribution >= 0.6 is 0 Å². The van der Waals surface area contributed by atoms with Gasteiger partial charge in [0, 0.05) is 12.1 Å². The first-order chi connectivity index (χ1) is 8.24. The van der Waals surface area contributed by atoms with E-state index in [1.165, 1.54) is 38.2 Å². The molecule has 0 fully saturated rings. The topological polar surface area (TPSA) is 38.3 Å². The maximum absolute atomic E-state index is 10.9. The van der Waals surface area contributed by atoms with Crippen LogP contribution in [0.3, 0.4) is 0 Å². The first-order valence-electron chi connectivity index (χ1n) is 6.77. The van der Waals surface area contributed by atoms with E-state index in [1.54, 1.807) is 0 Å². The maximum atomic E-state index is 10.9. The van der Waals surface area contributed by atoms with Crippen LogP contribution in [0.15, 0.2) is 12.7 Å². The molecule has 17 heavy (non-hydrogen) atoms. The summed E-state index contributed by atoms with van der Waals surface area (Å²) >= 11 is 0. The molecule has 3 heteroatoms. The number of rotatable bonds is 11. The number of hydrogen-bond donors (Lipinski definition) is 1. The van der Waals surface area contributed by atoms with Gasteiger partial charge >= 0.3 is 5.97 Å². The number of esters is 1. The van der Waals surface area contributed by atoms with Crippen molar-refractivity contribution in [3.8, 4) is 0 Å². The smallest absolute Gasteiger partial charge is 0.330 e. The molecule has 0 radical (unpaired) electrons. The molecule has 0 aliphatic heterocycles. The summed E-state index contributed by atoms with van der Waals surface area (Å²) in [4.78, 5) is 10.9. The van der Waals surface area contributed by atoms with Gasteiger partial charge in [0.05, 0.1) is 0 Å². The van der Waals surface area contributed by atoms with Crippen LogP contribution in [0, 0.1) is 0 Å². The number of ether oxygens (including phenoxy) is 1. The number of nitrogens with one attached hydrogen (secondary N) is 1. The van der Waals surface area contributed by atoms with Crippen molar-refractivity contribution < 1.29 is 9.53 Å². The molecule has 0 saturated carbocycles. The Bertz CT molecular complexity index is 204. The molecule has 0 bridgehead atoms. The predicted octanol–water partition coefficient (Wildman–Crippen LogP) is 3.05. The first-order valence-corrected chi connectivity index (χ1v) is 6.77. The standard InChI is InChI=1S/C14H27NO2/c1-4-7-8-9-10-11-15-13(5-2)12-17-14(16)6-3/h6,13,15H,3-5,7-12H2,1-2H3. The van der Waals surface area contributed by atoms with Crippen molar-refractivity contribution in [2.45, 2.75) is 58.4 Å². The third-order valence-corrected chi connectivity index (χ3v) is 2.80. The Balaban J connectivity index is 3.47. The molecule has 1 N–H and O–H groups in total. The fourth-order valence-electron chi connectivity index (χ4n) is 1.60.